The Labute approximate surface area is 105 Å². The fourth-order valence-corrected chi connectivity index (χ4v) is 4.07. The van der Waals surface area contributed by atoms with Crippen LogP contribution in [0.25, 0.3) is 0 Å². The Morgan fingerprint density at radius 1 is 1.12 bits per heavy atom. The van der Waals surface area contributed by atoms with Gasteiger partial charge in [0.15, 0.2) is 0 Å². The summed E-state index contributed by atoms with van der Waals surface area (Å²) in [5.41, 5.74) is 0.474. The Kier molecular flexibility index (Phi) is 3.69. The normalized spacial score (nSPS) is 34.9. The monoisotopic (exact) mass is 238 g/mol. The van der Waals surface area contributed by atoms with Crippen LogP contribution in [0.3, 0.4) is 0 Å². The smallest absolute Gasteiger partial charge is 0.0622 e. The van der Waals surface area contributed by atoms with Crippen molar-refractivity contribution in [3.05, 3.63) is 0 Å². The van der Waals surface area contributed by atoms with Gasteiger partial charge in [0.25, 0.3) is 0 Å². The minimum atomic E-state index is 0.474. The fraction of sp³-hybridized carbons (Fsp3) is 1.00. The van der Waals surface area contributed by atoms with Gasteiger partial charge in [-0.2, -0.15) is 0 Å². The predicted molar refractivity (Wildman–Crippen MR) is 69.2 cm³/mol. The van der Waals surface area contributed by atoms with Gasteiger partial charge in [-0.1, -0.05) is 19.3 Å². The molecule has 0 aromatic rings. The minimum absolute atomic E-state index is 0.474. The summed E-state index contributed by atoms with van der Waals surface area (Å²) in [6, 6.07) is 0.698. The summed E-state index contributed by atoms with van der Waals surface area (Å²) in [5, 5.41) is 3.63. The van der Waals surface area contributed by atoms with Crippen LogP contribution >= 0.6 is 0 Å². The first kappa shape index (κ1) is 11.9. The molecule has 0 radical (unpaired) electrons. The van der Waals surface area contributed by atoms with E-state index in [1.807, 2.05) is 0 Å². The number of nitrogens with one attached hydrogen (secondary N) is 1. The number of piperazine rings is 1. The third-order valence-electron chi connectivity index (χ3n) is 4.95. The molecule has 0 amide bonds. The maximum atomic E-state index is 5.71. The van der Waals surface area contributed by atoms with Crippen molar-refractivity contribution in [2.24, 2.45) is 0 Å². The van der Waals surface area contributed by atoms with Crippen molar-refractivity contribution in [1.29, 1.82) is 0 Å². The molecular formula is C14H26N2O. The summed E-state index contributed by atoms with van der Waals surface area (Å²) in [5.74, 6) is 0. The van der Waals surface area contributed by atoms with Gasteiger partial charge in [0.05, 0.1) is 6.61 Å². The van der Waals surface area contributed by atoms with E-state index < -0.39 is 0 Å². The van der Waals surface area contributed by atoms with Gasteiger partial charge in [-0.3, -0.25) is 4.90 Å². The van der Waals surface area contributed by atoms with Crippen LogP contribution in [-0.2, 0) is 4.74 Å². The van der Waals surface area contributed by atoms with E-state index in [9.17, 15) is 0 Å². The maximum Gasteiger partial charge on any atom is 0.0622 e. The summed E-state index contributed by atoms with van der Waals surface area (Å²) in [7, 11) is 0. The lowest BCUT2D eigenvalue weighted by atomic mass is 9.78. The van der Waals surface area contributed by atoms with Crippen LogP contribution in [0.2, 0.25) is 0 Å². The van der Waals surface area contributed by atoms with Gasteiger partial charge in [-0.05, 0) is 25.7 Å². The van der Waals surface area contributed by atoms with Crippen LogP contribution in [-0.4, -0.2) is 49.3 Å². The third-order valence-corrected chi connectivity index (χ3v) is 4.95. The van der Waals surface area contributed by atoms with Crippen LogP contribution in [0.5, 0.6) is 0 Å². The van der Waals surface area contributed by atoms with E-state index in [1.54, 1.807) is 0 Å². The average Bonchev–Trinajstić information content (AvgIpc) is 2.41. The van der Waals surface area contributed by atoms with E-state index in [0.717, 1.165) is 19.8 Å². The molecule has 3 heteroatoms. The molecule has 3 rings (SSSR count). The molecule has 1 aliphatic carbocycles. The molecule has 2 aliphatic heterocycles. The first-order chi connectivity index (χ1) is 8.41. The molecule has 3 nitrogen and oxygen atoms in total. The lowest BCUT2D eigenvalue weighted by Crippen LogP contribution is -2.65. The zero-order valence-corrected chi connectivity index (χ0v) is 10.9. The van der Waals surface area contributed by atoms with E-state index >= 15 is 0 Å². The van der Waals surface area contributed by atoms with Crippen LogP contribution in [0, 0.1) is 0 Å². The number of hydrogen-bond acceptors (Lipinski definition) is 3. The van der Waals surface area contributed by atoms with Crippen molar-refractivity contribution in [3.63, 3.8) is 0 Å². The van der Waals surface area contributed by atoms with E-state index in [4.69, 9.17) is 4.74 Å². The topological polar surface area (TPSA) is 24.5 Å². The van der Waals surface area contributed by atoms with E-state index in [1.165, 1.54) is 58.0 Å². The first-order valence-electron chi connectivity index (χ1n) is 7.46. The molecule has 3 aliphatic rings. The highest BCUT2D eigenvalue weighted by Crippen LogP contribution is 2.37. The first-order valence-corrected chi connectivity index (χ1v) is 7.46. The van der Waals surface area contributed by atoms with Crippen LogP contribution in [0.1, 0.15) is 44.9 Å². The number of rotatable bonds is 1. The van der Waals surface area contributed by atoms with Gasteiger partial charge in [-0.15, -0.1) is 0 Å². The molecule has 2 heterocycles. The summed E-state index contributed by atoms with van der Waals surface area (Å²) in [6.45, 7) is 5.56. The fourth-order valence-electron chi connectivity index (χ4n) is 4.07. The molecular weight excluding hydrogens is 212 g/mol. The highest BCUT2D eigenvalue weighted by Gasteiger charge is 2.42. The molecule has 3 fully saturated rings. The van der Waals surface area contributed by atoms with Crippen LogP contribution in [0.15, 0.2) is 0 Å². The molecule has 1 atom stereocenters. The molecule has 0 aromatic heterocycles. The number of hydrogen-bond donors (Lipinski definition) is 1. The summed E-state index contributed by atoms with van der Waals surface area (Å²) < 4.78 is 5.71. The van der Waals surface area contributed by atoms with Gasteiger partial charge in [0.1, 0.15) is 0 Å². The predicted octanol–water partition coefficient (Wildman–Crippen LogP) is 1.77. The van der Waals surface area contributed by atoms with Gasteiger partial charge >= 0.3 is 0 Å². The Bertz CT molecular complexity index is 236. The molecule has 17 heavy (non-hydrogen) atoms. The van der Waals surface area contributed by atoms with Crippen molar-refractivity contribution in [1.82, 2.24) is 10.2 Å². The summed E-state index contributed by atoms with van der Waals surface area (Å²) >= 11 is 0. The number of nitrogens with zero attached hydrogens (tertiary/aromatic N) is 1. The second-order valence-corrected chi connectivity index (χ2v) is 6.03. The average molecular weight is 238 g/mol. The van der Waals surface area contributed by atoms with Crippen molar-refractivity contribution < 1.29 is 4.74 Å². The Morgan fingerprint density at radius 3 is 2.76 bits per heavy atom. The van der Waals surface area contributed by atoms with Gasteiger partial charge in [-0.25, -0.2) is 0 Å². The lowest BCUT2D eigenvalue weighted by Gasteiger charge is -2.53. The molecule has 1 spiro atoms. The Hall–Kier alpha value is -0.120. The SMILES string of the molecule is C1CCC2(CC1)CNCCN2C1CCCOC1. The minimum Gasteiger partial charge on any atom is -0.380 e. The zero-order chi connectivity index (χ0) is 11.6. The second kappa shape index (κ2) is 5.25. The number of ether oxygens (including phenoxy) is 1. The highest BCUT2D eigenvalue weighted by atomic mass is 16.5. The van der Waals surface area contributed by atoms with Crippen molar-refractivity contribution in [2.75, 3.05) is 32.8 Å². The molecule has 0 aromatic carbocycles. The molecule has 1 saturated carbocycles. The van der Waals surface area contributed by atoms with E-state index in [0.29, 0.717) is 11.6 Å². The maximum absolute atomic E-state index is 5.71. The van der Waals surface area contributed by atoms with Crippen LogP contribution < -0.4 is 5.32 Å². The van der Waals surface area contributed by atoms with Crippen molar-refractivity contribution in [3.8, 4) is 0 Å². The van der Waals surface area contributed by atoms with Crippen molar-refractivity contribution >= 4 is 0 Å². The molecule has 1 unspecified atom stereocenters. The van der Waals surface area contributed by atoms with Gasteiger partial charge in [0.2, 0.25) is 0 Å². The standard InChI is InChI=1S/C14H26N2O/c1-2-6-14(7-3-1)12-15-8-9-16(14)13-5-4-10-17-11-13/h13,15H,1-12H2. The Balaban J connectivity index is 1.73. The molecule has 0 bridgehead atoms. The van der Waals surface area contributed by atoms with Gasteiger partial charge in [0, 0.05) is 37.8 Å². The van der Waals surface area contributed by atoms with E-state index in [-0.39, 0.29) is 0 Å². The highest BCUT2D eigenvalue weighted by molar-refractivity contribution is 5.00. The zero-order valence-electron chi connectivity index (χ0n) is 10.9. The second-order valence-electron chi connectivity index (χ2n) is 6.03. The lowest BCUT2D eigenvalue weighted by molar-refractivity contribution is -0.0598. The molecule has 98 valence electrons. The van der Waals surface area contributed by atoms with Crippen molar-refractivity contribution in [2.45, 2.75) is 56.5 Å². The molecule has 2 saturated heterocycles. The van der Waals surface area contributed by atoms with E-state index in [2.05, 4.69) is 10.2 Å². The molecule has 1 N–H and O–H groups in total. The quantitative estimate of drug-likeness (QED) is 0.753. The Morgan fingerprint density at radius 2 is 2.00 bits per heavy atom. The van der Waals surface area contributed by atoms with Gasteiger partial charge < -0.3 is 10.1 Å². The summed E-state index contributed by atoms with van der Waals surface area (Å²) in [4.78, 5) is 2.82. The van der Waals surface area contributed by atoms with Crippen LogP contribution in [0.4, 0.5) is 0 Å². The summed E-state index contributed by atoms with van der Waals surface area (Å²) in [6.07, 6.45) is 9.69. The third kappa shape index (κ3) is 2.38. The largest absolute Gasteiger partial charge is 0.380 e.